The van der Waals surface area contributed by atoms with E-state index < -0.39 is 17.3 Å². The Kier molecular flexibility index (Phi) is 5.29. The van der Waals surface area contributed by atoms with Crippen LogP contribution in [0.5, 0.6) is 5.75 Å². The fourth-order valence-corrected chi connectivity index (χ4v) is 3.19. The molecule has 5 heteroatoms. The van der Waals surface area contributed by atoms with Crippen molar-refractivity contribution in [2.45, 2.75) is 33.1 Å². The van der Waals surface area contributed by atoms with Gasteiger partial charge in [0.2, 0.25) is 5.91 Å². The van der Waals surface area contributed by atoms with Crippen molar-refractivity contribution in [3.8, 4) is 5.75 Å². The third-order valence-corrected chi connectivity index (χ3v) is 4.46. The topological polar surface area (TPSA) is 66.8 Å². The van der Waals surface area contributed by atoms with Crippen molar-refractivity contribution in [3.63, 3.8) is 0 Å². The summed E-state index contributed by atoms with van der Waals surface area (Å²) in [7, 11) is 1.62. The Morgan fingerprint density at radius 3 is 2.70 bits per heavy atom. The maximum atomic E-state index is 12.9. The van der Waals surface area contributed by atoms with Gasteiger partial charge in [0, 0.05) is 18.5 Å². The SMILES string of the molecule is COc1ccccc1CC(C)(C)C(=O)N1CCCC(C(=O)O)C1. The molecule has 23 heavy (non-hydrogen) atoms. The first-order chi connectivity index (χ1) is 10.8. The van der Waals surface area contributed by atoms with Crippen molar-refractivity contribution in [3.05, 3.63) is 29.8 Å². The van der Waals surface area contributed by atoms with Crippen LogP contribution in [-0.4, -0.2) is 42.1 Å². The van der Waals surface area contributed by atoms with Crippen molar-refractivity contribution in [2.75, 3.05) is 20.2 Å². The lowest BCUT2D eigenvalue weighted by Crippen LogP contribution is -2.48. The van der Waals surface area contributed by atoms with Gasteiger partial charge in [-0.15, -0.1) is 0 Å². The van der Waals surface area contributed by atoms with Gasteiger partial charge >= 0.3 is 5.97 Å². The van der Waals surface area contributed by atoms with Gasteiger partial charge in [-0.2, -0.15) is 0 Å². The second kappa shape index (κ2) is 7.02. The fourth-order valence-electron chi connectivity index (χ4n) is 3.19. The fraction of sp³-hybridized carbons (Fsp3) is 0.556. The highest BCUT2D eigenvalue weighted by Crippen LogP contribution is 2.31. The average Bonchev–Trinajstić information content (AvgIpc) is 2.54. The number of hydrogen-bond acceptors (Lipinski definition) is 3. The van der Waals surface area contributed by atoms with Crippen LogP contribution in [0.3, 0.4) is 0 Å². The lowest BCUT2D eigenvalue weighted by Gasteiger charge is -2.36. The largest absolute Gasteiger partial charge is 0.496 e. The Bertz CT molecular complexity index is 582. The molecule has 1 saturated heterocycles. The van der Waals surface area contributed by atoms with E-state index in [0.717, 1.165) is 17.7 Å². The molecule has 2 rings (SSSR count). The molecular weight excluding hydrogens is 294 g/mol. The van der Waals surface area contributed by atoms with E-state index in [1.54, 1.807) is 12.0 Å². The molecule has 5 nitrogen and oxygen atoms in total. The predicted octanol–water partition coefficient (Wildman–Crippen LogP) is 2.59. The molecule has 1 aliphatic heterocycles. The number of aliphatic carboxylic acids is 1. The number of likely N-dealkylation sites (tertiary alicyclic amines) is 1. The van der Waals surface area contributed by atoms with Crippen molar-refractivity contribution in [2.24, 2.45) is 11.3 Å². The second-order valence-corrected chi connectivity index (χ2v) is 6.80. The number of carbonyl (C=O) groups is 2. The minimum absolute atomic E-state index is 0.00866. The number of carboxylic acids is 1. The summed E-state index contributed by atoms with van der Waals surface area (Å²) in [6, 6.07) is 7.68. The van der Waals surface area contributed by atoms with Crippen molar-refractivity contribution in [1.82, 2.24) is 4.90 Å². The van der Waals surface area contributed by atoms with E-state index in [4.69, 9.17) is 4.74 Å². The molecule has 1 unspecified atom stereocenters. The van der Waals surface area contributed by atoms with Gasteiger partial charge in [-0.3, -0.25) is 9.59 Å². The summed E-state index contributed by atoms with van der Waals surface area (Å²) >= 11 is 0. The van der Waals surface area contributed by atoms with Gasteiger partial charge in [0.25, 0.3) is 0 Å². The number of carbonyl (C=O) groups excluding carboxylic acids is 1. The van der Waals surface area contributed by atoms with Crippen LogP contribution in [0.2, 0.25) is 0 Å². The Morgan fingerprint density at radius 1 is 1.35 bits per heavy atom. The summed E-state index contributed by atoms with van der Waals surface area (Å²) < 4.78 is 5.36. The highest BCUT2D eigenvalue weighted by atomic mass is 16.5. The molecule has 1 aromatic rings. The van der Waals surface area contributed by atoms with Gasteiger partial charge in [0.15, 0.2) is 0 Å². The number of para-hydroxylation sites is 1. The quantitative estimate of drug-likeness (QED) is 0.906. The number of hydrogen-bond donors (Lipinski definition) is 1. The summed E-state index contributed by atoms with van der Waals surface area (Å²) in [5, 5.41) is 9.19. The van der Waals surface area contributed by atoms with E-state index in [9.17, 15) is 14.7 Å². The minimum Gasteiger partial charge on any atom is -0.496 e. The standard InChI is InChI=1S/C18H25NO4/c1-18(2,11-13-7-4-5-9-15(13)23-3)17(22)19-10-6-8-14(12-19)16(20)21/h4-5,7,9,14H,6,8,10-12H2,1-3H3,(H,20,21). The number of nitrogens with zero attached hydrogens (tertiary/aromatic N) is 1. The molecule has 0 aromatic heterocycles. The summed E-state index contributed by atoms with van der Waals surface area (Å²) in [6.45, 7) is 4.76. The number of carboxylic acid groups (broad SMARTS) is 1. The van der Waals surface area contributed by atoms with E-state index in [2.05, 4.69) is 0 Å². The van der Waals surface area contributed by atoms with Crippen molar-refractivity contribution < 1.29 is 19.4 Å². The summed E-state index contributed by atoms with van der Waals surface area (Å²) in [5.74, 6) is -0.482. The highest BCUT2D eigenvalue weighted by Gasteiger charge is 2.36. The number of benzene rings is 1. The normalized spacial score (nSPS) is 18.6. The van der Waals surface area contributed by atoms with E-state index in [0.29, 0.717) is 25.9 Å². The predicted molar refractivity (Wildman–Crippen MR) is 87.4 cm³/mol. The summed E-state index contributed by atoms with van der Waals surface area (Å²) in [4.78, 5) is 25.8. The molecule has 1 heterocycles. The van der Waals surface area contributed by atoms with Crippen molar-refractivity contribution in [1.29, 1.82) is 0 Å². The zero-order valence-electron chi connectivity index (χ0n) is 14.0. The van der Waals surface area contributed by atoms with E-state index in [1.807, 2.05) is 38.1 Å². The third kappa shape index (κ3) is 4.03. The molecule has 0 bridgehead atoms. The van der Waals surface area contributed by atoms with Crippen LogP contribution in [-0.2, 0) is 16.0 Å². The lowest BCUT2D eigenvalue weighted by atomic mass is 9.83. The Morgan fingerprint density at radius 2 is 2.04 bits per heavy atom. The summed E-state index contributed by atoms with van der Waals surface area (Å²) in [5.41, 5.74) is 0.384. The van der Waals surface area contributed by atoms with Crippen LogP contribution < -0.4 is 4.74 Å². The number of rotatable bonds is 5. The molecule has 1 N–H and O–H groups in total. The van der Waals surface area contributed by atoms with Gasteiger partial charge in [-0.1, -0.05) is 32.0 Å². The van der Waals surface area contributed by atoms with E-state index >= 15 is 0 Å². The first-order valence-corrected chi connectivity index (χ1v) is 7.99. The monoisotopic (exact) mass is 319 g/mol. The van der Waals surface area contributed by atoms with Crippen LogP contribution in [0.4, 0.5) is 0 Å². The molecule has 1 amide bonds. The van der Waals surface area contributed by atoms with Gasteiger partial charge in [0.05, 0.1) is 13.0 Å². The third-order valence-electron chi connectivity index (χ3n) is 4.46. The van der Waals surface area contributed by atoms with Gasteiger partial charge in [0.1, 0.15) is 5.75 Å². The molecule has 0 radical (unpaired) electrons. The number of ether oxygens (including phenoxy) is 1. The van der Waals surface area contributed by atoms with Crippen LogP contribution in [0, 0.1) is 11.3 Å². The number of amides is 1. The lowest BCUT2D eigenvalue weighted by molar-refractivity contribution is -0.148. The molecule has 126 valence electrons. The molecule has 1 atom stereocenters. The molecular formula is C18H25NO4. The van der Waals surface area contributed by atoms with Gasteiger partial charge in [-0.05, 0) is 30.9 Å². The molecule has 1 fully saturated rings. The second-order valence-electron chi connectivity index (χ2n) is 6.80. The first-order valence-electron chi connectivity index (χ1n) is 7.99. The highest BCUT2D eigenvalue weighted by molar-refractivity contribution is 5.83. The molecule has 1 aromatic carbocycles. The van der Waals surface area contributed by atoms with Crippen LogP contribution in [0.25, 0.3) is 0 Å². The smallest absolute Gasteiger partial charge is 0.308 e. The maximum absolute atomic E-state index is 12.9. The molecule has 1 aliphatic rings. The van der Waals surface area contributed by atoms with Gasteiger partial charge in [-0.25, -0.2) is 0 Å². The molecule has 0 aliphatic carbocycles. The van der Waals surface area contributed by atoms with Gasteiger partial charge < -0.3 is 14.7 Å². The van der Waals surface area contributed by atoms with Crippen LogP contribution >= 0.6 is 0 Å². The van der Waals surface area contributed by atoms with E-state index in [-0.39, 0.29) is 5.91 Å². The zero-order valence-corrected chi connectivity index (χ0v) is 14.0. The van der Waals surface area contributed by atoms with E-state index in [1.165, 1.54) is 0 Å². The average molecular weight is 319 g/mol. The minimum atomic E-state index is -0.815. The zero-order chi connectivity index (χ0) is 17.0. The Hall–Kier alpha value is -2.04. The van der Waals surface area contributed by atoms with Crippen LogP contribution in [0.15, 0.2) is 24.3 Å². The molecule has 0 spiro atoms. The number of piperidine rings is 1. The Balaban J connectivity index is 2.12. The number of methoxy groups -OCH3 is 1. The Labute approximate surface area is 137 Å². The molecule has 0 saturated carbocycles. The van der Waals surface area contributed by atoms with Crippen LogP contribution in [0.1, 0.15) is 32.3 Å². The summed E-state index contributed by atoms with van der Waals surface area (Å²) in [6.07, 6.45) is 1.95. The van der Waals surface area contributed by atoms with Crippen molar-refractivity contribution >= 4 is 11.9 Å². The first kappa shape index (κ1) is 17.3. The maximum Gasteiger partial charge on any atom is 0.308 e.